The number of carbonyl (C=O) groups is 2. The Labute approximate surface area is 312 Å². The minimum atomic E-state index is -0.377. The fourth-order valence-corrected chi connectivity index (χ4v) is 8.90. The number of carbonyl (C=O) groups excluding carboxylic acids is 2. The van der Waals surface area contributed by atoms with Crippen LogP contribution in [0, 0.1) is 35.0 Å². The lowest BCUT2D eigenvalue weighted by atomic mass is 9.68. The summed E-state index contributed by atoms with van der Waals surface area (Å²) in [6.45, 7) is 7.35. The van der Waals surface area contributed by atoms with E-state index in [0.29, 0.717) is 37.4 Å². The fraction of sp³-hybridized carbons (Fsp3) is 0.622. The van der Waals surface area contributed by atoms with Crippen LogP contribution in [0.5, 0.6) is 17.2 Å². The van der Waals surface area contributed by atoms with Crippen molar-refractivity contribution in [2.24, 2.45) is 29.6 Å². The van der Waals surface area contributed by atoms with E-state index >= 15 is 0 Å². The number of esters is 2. The predicted octanol–water partition coefficient (Wildman–Crippen LogP) is 11.0. The lowest BCUT2D eigenvalue weighted by Gasteiger charge is -2.38. The van der Waals surface area contributed by atoms with Crippen molar-refractivity contribution in [3.63, 3.8) is 0 Å². The maximum Gasteiger partial charge on any atom is 0.330 e. The Morgan fingerprint density at radius 3 is 2.04 bits per heavy atom. The molecule has 0 atom stereocenters. The van der Waals surface area contributed by atoms with E-state index in [4.69, 9.17) is 24.4 Å². The first-order valence-electron chi connectivity index (χ1n) is 20.5. The lowest BCUT2D eigenvalue weighted by molar-refractivity contribution is -0.140. The molecule has 1 N–H and O–H groups in total. The molecule has 2 aromatic carbocycles. The van der Waals surface area contributed by atoms with Gasteiger partial charge in [0.1, 0.15) is 17.2 Å². The van der Waals surface area contributed by atoms with Crippen LogP contribution in [-0.4, -0.2) is 38.0 Å². The molecule has 52 heavy (non-hydrogen) atoms. The Hall–Kier alpha value is -3.61. The van der Waals surface area contributed by atoms with Gasteiger partial charge in [0.2, 0.25) is 0 Å². The summed E-state index contributed by atoms with van der Waals surface area (Å²) in [6, 6.07) is 13.8. The van der Waals surface area contributed by atoms with E-state index in [1.165, 1.54) is 82.1 Å². The van der Waals surface area contributed by atoms with Crippen molar-refractivity contribution < 1.29 is 28.5 Å². The number of rotatable bonds is 19. The summed E-state index contributed by atoms with van der Waals surface area (Å²) in [5.41, 5.74) is 2.24. The Bertz CT molecular complexity index is 1400. The Kier molecular flexibility index (Phi) is 16.1. The standard InChI is InChI=1S/C45H63NO6/c1-3-9-33-10-14-35(15-11-33)36-18-20-37(21-19-36)39-22-27-43(40(30-39)31-46)51-32-34-12-16-38(17-13-34)45(48)52-42-25-23-41(24-26-42)49-28-7-5-6-8-29-50-44(47)4-2/h4,22-27,30-31,33-38,46H,2-3,5-21,28-29,32H2,1H3. The van der Waals surface area contributed by atoms with Crippen molar-refractivity contribution >= 4 is 18.2 Å². The van der Waals surface area contributed by atoms with Gasteiger partial charge < -0.3 is 24.4 Å². The number of benzene rings is 2. The molecule has 0 radical (unpaired) electrons. The highest BCUT2D eigenvalue weighted by molar-refractivity contribution is 5.82. The first-order valence-corrected chi connectivity index (χ1v) is 20.5. The van der Waals surface area contributed by atoms with Crippen molar-refractivity contribution in [1.82, 2.24) is 0 Å². The normalized spacial score (nSPS) is 24.7. The molecule has 3 fully saturated rings. The second-order valence-electron chi connectivity index (χ2n) is 15.7. The fourth-order valence-electron chi connectivity index (χ4n) is 8.90. The number of hydrogen-bond donors (Lipinski definition) is 1. The molecule has 2 aromatic rings. The van der Waals surface area contributed by atoms with E-state index in [2.05, 4.69) is 31.7 Å². The molecule has 0 aliphatic heterocycles. The third kappa shape index (κ3) is 12.2. The highest BCUT2D eigenvalue weighted by Gasteiger charge is 2.32. The number of nitrogens with one attached hydrogen (secondary N) is 1. The highest BCUT2D eigenvalue weighted by atomic mass is 16.5. The van der Waals surface area contributed by atoms with Crippen LogP contribution in [0.3, 0.4) is 0 Å². The molecule has 0 bridgehead atoms. The second-order valence-corrected chi connectivity index (χ2v) is 15.7. The smallest absolute Gasteiger partial charge is 0.330 e. The van der Waals surface area contributed by atoms with Gasteiger partial charge in [-0.2, -0.15) is 0 Å². The summed E-state index contributed by atoms with van der Waals surface area (Å²) < 4.78 is 22.8. The van der Waals surface area contributed by atoms with Gasteiger partial charge in [-0.15, -0.1) is 0 Å². The quantitative estimate of drug-likeness (QED) is 0.0512. The monoisotopic (exact) mass is 713 g/mol. The maximum atomic E-state index is 12.9. The van der Waals surface area contributed by atoms with Crippen molar-refractivity contribution in [1.29, 1.82) is 5.41 Å². The number of ether oxygens (including phenoxy) is 4. The zero-order valence-electron chi connectivity index (χ0n) is 31.7. The first-order chi connectivity index (χ1) is 25.4. The van der Waals surface area contributed by atoms with Gasteiger partial charge in [0.25, 0.3) is 0 Å². The van der Waals surface area contributed by atoms with Gasteiger partial charge in [-0.05, 0) is 161 Å². The van der Waals surface area contributed by atoms with Crippen LogP contribution in [0.15, 0.2) is 55.1 Å². The van der Waals surface area contributed by atoms with Gasteiger partial charge in [-0.3, -0.25) is 4.79 Å². The highest BCUT2D eigenvalue weighted by Crippen LogP contribution is 2.45. The van der Waals surface area contributed by atoms with Crippen LogP contribution >= 0.6 is 0 Å². The molecule has 7 nitrogen and oxygen atoms in total. The summed E-state index contributed by atoms with van der Waals surface area (Å²) in [5.74, 6) is 5.27. The average molecular weight is 714 g/mol. The molecule has 0 aromatic heterocycles. The lowest BCUT2D eigenvalue weighted by Crippen LogP contribution is -2.27. The van der Waals surface area contributed by atoms with Crippen molar-refractivity contribution in [3.05, 3.63) is 66.2 Å². The molecular weight excluding hydrogens is 650 g/mol. The van der Waals surface area contributed by atoms with E-state index in [1.54, 1.807) is 12.1 Å². The molecule has 0 heterocycles. The minimum absolute atomic E-state index is 0.102. The molecule has 3 aliphatic carbocycles. The molecule has 3 aliphatic rings. The average Bonchev–Trinajstić information content (AvgIpc) is 3.19. The third-order valence-corrected chi connectivity index (χ3v) is 12.1. The topological polar surface area (TPSA) is 94.9 Å². The Morgan fingerprint density at radius 2 is 1.38 bits per heavy atom. The van der Waals surface area contributed by atoms with Crippen LogP contribution in [-0.2, 0) is 14.3 Å². The maximum absolute atomic E-state index is 12.9. The molecule has 284 valence electrons. The second kappa shape index (κ2) is 21.2. The summed E-state index contributed by atoms with van der Waals surface area (Å²) >= 11 is 0. The van der Waals surface area contributed by atoms with Gasteiger partial charge in [-0.25, -0.2) is 4.79 Å². The largest absolute Gasteiger partial charge is 0.494 e. The van der Waals surface area contributed by atoms with Crippen LogP contribution < -0.4 is 14.2 Å². The van der Waals surface area contributed by atoms with Crippen LogP contribution in [0.4, 0.5) is 0 Å². The van der Waals surface area contributed by atoms with E-state index in [0.717, 1.165) is 86.2 Å². The Balaban J connectivity index is 0.961. The SMILES string of the molecule is C=CC(=O)OCCCCCCOc1ccc(OC(=O)C2CCC(COc3ccc(C4CCC(C5CCC(CCC)CC5)CC4)cc3C=N)CC2)cc1. The zero-order chi connectivity index (χ0) is 36.5. The van der Waals surface area contributed by atoms with Crippen LogP contribution in [0.2, 0.25) is 0 Å². The van der Waals surface area contributed by atoms with Gasteiger partial charge in [0.15, 0.2) is 0 Å². The Morgan fingerprint density at radius 1 is 0.750 bits per heavy atom. The molecule has 0 saturated heterocycles. The van der Waals surface area contributed by atoms with Gasteiger partial charge >= 0.3 is 11.9 Å². The zero-order valence-corrected chi connectivity index (χ0v) is 31.7. The molecule has 7 heteroatoms. The summed E-state index contributed by atoms with van der Waals surface area (Å²) in [6.07, 6.45) is 23.6. The number of unbranched alkanes of at least 4 members (excludes halogenated alkanes) is 3. The molecular formula is C45H63NO6. The van der Waals surface area contributed by atoms with E-state index < -0.39 is 0 Å². The third-order valence-electron chi connectivity index (χ3n) is 12.1. The summed E-state index contributed by atoms with van der Waals surface area (Å²) in [7, 11) is 0. The van der Waals surface area contributed by atoms with Gasteiger partial charge in [-0.1, -0.05) is 45.3 Å². The van der Waals surface area contributed by atoms with Gasteiger partial charge in [0, 0.05) is 17.9 Å². The van der Waals surface area contributed by atoms with E-state index in [9.17, 15) is 9.59 Å². The molecule has 3 saturated carbocycles. The summed E-state index contributed by atoms with van der Waals surface area (Å²) in [4.78, 5) is 24.0. The van der Waals surface area contributed by atoms with Crippen molar-refractivity contribution in [2.45, 2.75) is 128 Å². The first kappa shape index (κ1) is 39.6. The molecule has 5 rings (SSSR count). The summed E-state index contributed by atoms with van der Waals surface area (Å²) in [5, 5.41) is 8.11. The van der Waals surface area contributed by atoms with Crippen LogP contribution in [0.25, 0.3) is 0 Å². The minimum Gasteiger partial charge on any atom is -0.494 e. The number of hydrogen-bond acceptors (Lipinski definition) is 7. The van der Waals surface area contributed by atoms with E-state index in [-0.39, 0.29) is 17.9 Å². The molecule has 0 unspecified atom stereocenters. The predicted molar refractivity (Wildman–Crippen MR) is 208 cm³/mol. The van der Waals surface area contributed by atoms with Crippen molar-refractivity contribution in [3.8, 4) is 17.2 Å². The van der Waals surface area contributed by atoms with Gasteiger partial charge in [0.05, 0.1) is 25.7 Å². The van der Waals surface area contributed by atoms with Crippen molar-refractivity contribution in [2.75, 3.05) is 19.8 Å². The molecule has 0 amide bonds. The van der Waals surface area contributed by atoms with Crippen LogP contribution in [0.1, 0.15) is 140 Å². The molecule has 0 spiro atoms. The van der Waals surface area contributed by atoms with E-state index in [1.807, 2.05) is 12.1 Å².